The lowest BCUT2D eigenvalue weighted by Gasteiger charge is -2.23. The van der Waals surface area contributed by atoms with E-state index in [0.717, 1.165) is 24.6 Å². The van der Waals surface area contributed by atoms with Crippen molar-refractivity contribution in [2.75, 3.05) is 24.6 Å². The fraction of sp³-hybridized carbons (Fsp3) is 1.00. The fourth-order valence-electron chi connectivity index (χ4n) is 0.773. The van der Waals surface area contributed by atoms with Crippen molar-refractivity contribution < 1.29 is 4.21 Å². The third kappa shape index (κ3) is 1.81. The van der Waals surface area contributed by atoms with E-state index in [1.165, 1.54) is 0 Å². The summed E-state index contributed by atoms with van der Waals surface area (Å²) in [6.07, 6.45) is 0. The highest BCUT2D eigenvalue weighted by Gasteiger charge is 2.11. The van der Waals surface area contributed by atoms with Gasteiger partial charge in [0.15, 0.2) is 0 Å². The van der Waals surface area contributed by atoms with E-state index in [1.807, 2.05) is 0 Å². The topological polar surface area (TPSA) is 29.1 Å². The SMILES string of the molecule is O=[SH]1(P)CCNCC1. The molecule has 1 aliphatic heterocycles. The molecule has 1 fully saturated rings. The third-order valence-electron chi connectivity index (χ3n) is 1.33. The third-order valence-corrected chi connectivity index (χ3v) is 4.84. The standard InChI is InChI=1S/C4H12NOPS/c6-8(7)3-1-5-2-4-8/h5,8H,1-4,7H2. The summed E-state index contributed by atoms with van der Waals surface area (Å²) < 4.78 is 11.2. The van der Waals surface area contributed by atoms with Crippen LogP contribution in [-0.4, -0.2) is 28.8 Å². The maximum atomic E-state index is 11.2. The Bertz CT molecular complexity index is 117. The molecule has 1 N–H and O–H groups in total. The van der Waals surface area contributed by atoms with Gasteiger partial charge in [-0.1, -0.05) is 18.0 Å². The van der Waals surface area contributed by atoms with Gasteiger partial charge in [-0.15, -0.1) is 0 Å². The maximum absolute atomic E-state index is 11.2. The number of thiol groups is 1. The minimum Gasteiger partial charge on any atom is -0.315 e. The molecule has 0 aromatic rings. The Kier molecular flexibility index (Phi) is 2.02. The number of hydrogen-bond acceptors (Lipinski definition) is 2. The van der Waals surface area contributed by atoms with Crippen molar-refractivity contribution in [1.29, 1.82) is 0 Å². The zero-order valence-electron chi connectivity index (χ0n) is 4.76. The summed E-state index contributed by atoms with van der Waals surface area (Å²) in [4.78, 5) is 0. The van der Waals surface area contributed by atoms with E-state index < -0.39 is 9.55 Å². The lowest BCUT2D eigenvalue weighted by atomic mass is 10.6. The Morgan fingerprint density at radius 2 is 1.88 bits per heavy atom. The van der Waals surface area contributed by atoms with Crippen LogP contribution in [0.4, 0.5) is 0 Å². The molecule has 8 heavy (non-hydrogen) atoms. The highest BCUT2D eigenvalue weighted by atomic mass is 32.8. The van der Waals surface area contributed by atoms with Crippen molar-refractivity contribution in [3.63, 3.8) is 0 Å². The number of nitrogens with one attached hydrogen (secondary N) is 1. The zero-order chi connectivity index (χ0) is 6.04. The van der Waals surface area contributed by atoms with Crippen LogP contribution < -0.4 is 5.32 Å². The van der Waals surface area contributed by atoms with Gasteiger partial charge in [0.1, 0.15) is 0 Å². The molecule has 1 aliphatic rings. The van der Waals surface area contributed by atoms with Crippen LogP contribution in [0.2, 0.25) is 0 Å². The summed E-state index contributed by atoms with van der Waals surface area (Å²) in [6, 6.07) is 0. The highest BCUT2D eigenvalue weighted by Crippen LogP contribution is 2.14. The lowest BCUT2D eigenvalue weighted by Crippen LogP contribution is -2.36. The molecule has 1 unspecified atom stereocenters. The fourth-order valence-corrected chi connectivity index (χ4v) is 2.84. The van der Waals surface area contributed by atoms with Gasteiger partial charge in [-0.2, -0.15) is 0 Å². The molecule has 1 atom stereocenters. The van der Waals surface area contributed by atoms with E-state index in [-0.39, 0.29) is 0 Å². The minimum absolute atomic E-state index is 0.859. The average molecular weight is 153 g/mol. The van der Waals surface area contributed by atoms with Gasteiger partial charge in [0.05, 0.1) is 0 Å². The van der Waals surface area contributed by atoms with E-state index >= 15 is 0 Å². The van der Waals surface area contributed by atoms with Crippen molar-refractivity contribution in [1.82, 2.24) is 5.32 Å². The first-order valence-electron chi connectivity index (χ1n) is 2.78. The predicted octanol–water partition coefficient (Wildman–Crippen LogP) is -0.604. The smallest absolute Gasteiger partial charge is 0.0167 e. The second-order valence-electron chi connectivity index (χ2n) is 2.15. The maximum Gasteiger partial charge on any atom is 0.0167 e. The molecule has 0 aliphatic carbocycles. The summed E-state index contributed by atoms with van der Waals surface area (Å²) in [7, 11) is 0.747. The summed E-state index contributed by atoms with van der Waals surface area (Å²) in [5.41, 5.74) is 0. The van der Waals surface area contributed by atoms with Crippen LogP contribution in [0.1, 0.15) is 0 Å². The second kappa shape index (κ2) is 2.42. The van der Waals surface area contributed by atoms with Gasteiger partial charge in [-0.25, -0.2) is 0 Å². The van der Waals surface area contributed by atoms with E-state index in [2.05, 4.69) is 13.8 Å². The van der Waals surface area contributed by atoms with Gasteiger partial charge in [-0.05, 0) is 0 Å². The Morgan fingerprint density at radius 3 is 2.12 bits per heavy atom. The summed E-state index contributed by atoms with van der Waals surface area (Å²) in [6.45, 7) is 1.86. The van der Waals surface area contributed by atoms with Crippen LogP contribution in [-0.2, 0) is 9.55 Å². The zero-order valence-corrected chi connectivity index (χ0v) is 6.81. The minimum atomic E-state index is -1.73. The number of rotatable bonds is 0. The predicted molar refractivity (Wildman–Crippen MR) is 41.9 cm³/mol. The Hall–Kier alpha value is 0.540. The molecule has 0 aromatic carbocycles. The molecule has 0 amide bonds. The van der Waals surface area contributed by atoms with Crippen LogP contribution in [0.5, 0.6) is 0 Å². The van der Waals surface area contributed by atoms with Crippen molar-refractivity contribution in [2.24, 2.45) is 0 Å². The van der Waals surface area contributed by atoms with Crippen LogP contribution in [0.3, 0.4) is 0 Å². The van der Waals surface area contributed by atoms with Crippen LogP contribution in [0.15, 0.2) is 0 Å². The largest absolute Gasteiger partial charge is 0.315 e. The molecule has 1 saturated heterocycles. The molecule has 0 aromatic heterocycles. The summed E-state index contributed by atoms with van der Waals surface area (Å²) in [5, 5.41) is 3.15. The van der Waals surface area contributed by atoms with Crippen molar-refractivity contribution >= 4 is 18.0 Å². The van der Waals surface area contributed by atoms with Gasteiger partial charge >= 0.3 is 0 Å². The highest BCUT2D eigenvalue weighted by molar-refractivity contribution is 8.45. The normalized spacial score (nSPS) is 31.6. The van der Waals surface area contributed by atoms with Crippen LogP contribution >= 0.6 is 8.44 Å². The molecule has 0 radical (unpaired) electrons. The van der Waals surface area contributed by atoms with Crippen molar-refractivity contribution in [3.8, 4) is 0 Å². The van der Waals surface area contributed by atoms with E-state index in [0.29, 0.717) is 0 Å². The quantitative estimate of drug-likeness (QED) is 0.359. The molecule has 0 bridgehead atoms. The van der Waals surface area contributed by atoms with E-state index in [1.54, 1.807) is 0 Å². The molecular weight excluding hydrogens is 141 g/mol. The van der Waals surface area contributed by atoms with Gasteiger partial charge in [0.25, 0.3) is 0 Å². The average Bonchev–Trinajstić information content (AvgIpc) is 1.65. The van der Waals surface area contributed by atoms with Gasteiger partial charge in [0, 0.05) is 24.6 Å². The summed E-state index contributed by atoms with van der Waals surface area (Å²) >= 11 is 0. The van der Waals surface area contributed by atoms with Gasteiger partial charge in [-0.3, -0.25) is 4.21 Å². The first-order valence-corrected chi connectivity index (χ1v) is 6.48. The molecule has 4 heteroatoms. The van der Waals surface area contributed by atoms with Crippen molar-refractivity contribution in [2.45, 2.75) is 0 Å². The molecule has 0 saturated carbocycles. The molecule has 50 valence electrons. The van der Waals surface area contributed by atoms with Crippen molar-refractivity contribution in [3.05, 3.63) is 0 Å². The Balaban J connectivity index is 2.45. The molecule has 0 spiro atoms. The molecule has 2 nitrogen and oxygen atoms in total. The Labute approximate surface area is 52.8 Å². The van der Waals surface area contributed by atoms with Gasteiger partial charge < -0.3 is 5.32 Å². The van der Waals surface area contributed by atoms with Gasteiger partial charge in [0.2, 0.25) is 0 Å². The first kappa shape index (κ1) is 6.66. The summed E-state index contributed by atoms with van der Waals surface area (Å²) in [5.74, 6) is 1.72. The molecule has 1 heterocycles. The van der Waals surface area contributed by atoms with E-state index in [9.17, 15) is 4.21 Å². The van der Waals surface area contributed by atoms with E-state index in [4.69, 9.17) is 0 Å². The number of hydrogen-bond donors (Lipinski definition) is 2. The first-order chi connectivity index (χ1) is 3.71. The Morgan fingerprint density at radius 1 is 1.38 bits per heavy atom. The van der Waals surface area contributed by atoms with Crippen LogP contribution in [0.25, 0.3) is 0 Å². The monoisotopic (exact) mass is 153 g/mol. The molecular formula is C4H12NOPS. The second-order valence-corrected chi connectivity index (χ2v) is 7.77. The molecule has 1 rings (SSSR count). The lowest BCUT2D eigenvalue weighted by molar-refractivity contribution is 0.656. The van der Waals surface area contributed by atoms with Crippen LogP contribution in [0, 0.1) is 0 Å².